The molecule has 0 aliphatic carbocycles. The molecule has 0 amide bonds. The SMILES string of the molecule is C#CCOc1ccc(N(C)CCOC)cc1. The second-order valence-corrected chi connectivity index (χ2v) is 3.40. The van der Waals surface area contributed by atoms with Crippen molar-refractivity contribution in [1.82, 2.24) is 0 Å². The van der Waals surface area contributed by atoms with E-state index in [0.717, 1.165) is 18.0 Å². The number of ether oxygens (including phenoxy) is 2. The maximum absolute atomic E-state index is 5.29. The minimum Gasteiger partial charge on any atom is -0.481 e. The molecule has 0 atom stereocenters. The van der Waals surface area contributed by atoms with Gasteiger partial charge in [-0.05, 0) is 24.3 Å². The Hall–Kier alpha value is -1.66. The molecule has 0 aliphatic rings. The second kappa shape index (κ2) is 6.76. The molecule has 0 unspecified atom stereocenters. The molecule has 1 rings (SSSR count). The summed E-state index contributed by atoms with van der Waals surface area (Å²) in [6.07, 6.45) is 5.11. The Morgan fingerprint density at radius 2 is 2.00 bits per heavy atom. The Morgan fingerprint density at radius 1 is 1.31 bits per heavy atom. The summed E-state index contributed by atoms with van der Waals surface area (Å²) in [5, 5.41) is 0. The molecule has 0 aromatic heterocycles. The highest BCUT2D eigenvalue weighted by molar-refractivity contribution is 5.48. The number of hydrogen-bond acceptors (Lipinski definition) is 3. The van der Waals surface area contributed by atoms with Crippen molar-refractivity contribution in [3.63, 3.8) is 0 Å². The van der Waals surface area contributed by atoms with E-state index in [-0.39, 0.29) is 0 Å². The molecular formula is C13H17NO2. The van der Waals surface area contributed by atoms with Gasteiger partial charge in [0.15, 0.2) is 0 Å². The van der Waals surface area contributed by atoms with E-state index in [1.54, 1.807) is 7.11 Å². The molecule has 0 fully saturated rings. The van der Waals surface area contributed by atoms with Crippen LogP contribution in [0, 0.1) is 12.3 Å². The molecule has 1 aromatic carbocycles. The number of rotatable bonds is 6. The van der Waals surface area contributed by atoms with Gasteiger partial charge in [0.25, 0.3) is 0 Å². The van der Waals surface area contributed by atoms with Crippen molar-refractivity contribution in [2.75, 3.05) is 38.8 Å². The van der Waals surface area contributed by atoms with E-state index in [0.29, 0.717) is 13.2 Å². The number of methoxy groups -OCH3 is 1. The van der Waals surface area contributed by atoms with E-state index >= 15 is 0 Å². The van der Waals surface area contributed by atoms with Gasteiger partial charge in [-0.2, -0.15) is 0 Å². The highest BCUT2D eigenvalue weighted by atomic mass is 16.5. The van der Waals surface area contributed by atoms with Gasteiger partial charge < -0.3 is 14.4 Å². The fourth-order valence-corrected chi connectivity index (χ4v) is 1.28. The first-order valence-electron chi connectivity index (χ1n) is 5.14. The van der Waals surface area contributed by atoms with Crippen molar-refractivity contribution >= 4 is 5.69 Å². The zero-order valence-electron chi connectivity index (χ0n) is 9.77. The van der Waals surface area contributed by atoms with Crippen LogP contribution < -0.4 is 9.64 Å². The van der Waals surface area contributed by atoms with Crippen LogP contribution in [0.2, 0.25) is 0 Å². The standard InChI is InChI=1S/C13H17NO2/c1-4-10-16-13-7-5-12(6-8-13)14(2)9-11-15-3/h1,5-8H,9-11H2,2-3H3. The van der Waals surface area contributed by atoms with Crippen molar-refractivity contribution in [3.05, 3.63) is 24.3 Å². The molecule has 16 heavy (non-hydrogen) atoms. The van der Waals surface area contributed by atoms with Crippen LogP contribution in [-0.2, 0) is 4.74 Å². The van der Waals surface area contributed by atoms with Gasteiger partial charge in [-0.1, -0.05) is 5.92 Å². The normalized spacial score (nSPS) is 9.56. The summed E-state index contributed by atoms with van der Waals surface area (Å²) in [6.45, 7) is 1.88. The molecule has 3 heteroatoms. The first-order chi connectivity index (χ1) is 7.77. The highest BCUT2D eigenvalue weighted by Crippen LogP contribution is 2.18. The molecule has 1 aromatic rings. The molecule has 0 heterocycles. The van der Waals surface area contributed by atoms with Crippen molar-refractivity contribution < 1.29 is 9.47 Å². The summed E-state index contributed by atoms with van der Waals surface area (Å²) >= 11 is 0. The monoisotopic (exact) mass is 219 g/mol. The van der Waals surface area contributed by atoms with E-state index in [1.165, 1.54) is 0 Å². The third kappa shape index (κ3) is 3.84. The molecule has 0 bridgehead atoms. The van der Waals surface area contributed by atoms with Crippen molar-refractivity contribution in [3.8, 4) is 18.1 Å². The molecule has 3 nitrogen and oxygen atoms in total. The summed E-state index contributed by atoms with van der Waals surface area (Å²) in [7, 11) is 3.72. The Kier molecular flexibility index (Phi) is 5.24. The Bertz CT molecular complexity index is 340. The smallest absolute Gasteiger partial charge is 0.148 e. The Morgan fingerprint density at radius 3 is 2.56 bits per heavy atom. The predicted octanol–water partition coefficient (Wildman–Crippen LogP) is 1.78. The van der Waals surface area contributed by atoms with Crippen molar-refractivity contribution in [2.24, 2.45) is 0 Å². The van der Waals surface area contributed by atoms with Crippen LogP contribution in [0.3, 0.4) is 0 Å². The third-order valence-electron chi connectivity index (χ3n) is 2.23. The van der Waals surface area contributed by atoms with E-state index in [2.05, 4.69) is 10.8 Å². The fourth-order valence-electron chi connectivity index (χ4n) is 1.28. The molecule has 0 spiro atoms. The zero-order valence-corrected chi connectivity index (χ0v) is 9.77. The van der Waals surface area contributed by atoms with E-state index in [1.807, 2.05) is 31.3 Å². The molecular weight excluding hydrogens is 202 g/mol. The minimum absolute atomic E-state index is 0.304. The van der Waals surface area contributed by atoms with Crippen LogP contribution >= 0.6 is 0 Å². The first kappa shape index (κ1) is 12.4. The molecule has 0 N–H and O–H groups in total. The number of hydrogen-bond donors (Lipinski definition) is 0. The van der Waals surface area contributed by atoms with Crippen LogP contribution in [0.1, 0.15) is 0 Å². The van der Waals surface area contributed by atoms with Crippen molar-refractivity contribution in [2.45, 2.75) is 0 Å². The summed E-state index contributed by atoms with van der Waals surface area (Å²) in [6, 6.07) is 7.83. The summed E-state index contributed by atoms with van der Waals surface area (Å²) < 4.78 is 10.3. The quantitative estimate of drug-likeness (QED) is 0.681. The van der Waals surface area contributed by atoms with Gasteiger partial charge in [-0.3, -0.25) is 0 Å². The van der Waals surface area contributed by atoms with E-state index < -0.39 is 0 Å². The Balaban J connectivity index is 2.53. The van der Waals surface area contributed by atoms with Gasteiger partial charge in [0.05, 0.1) is 6.61 Å². The van der Waals surface area contributed by atoms with Gasteiger partial charge in [-0.15, -0.1) is 6.42 Å². The second-order valence-electron chi connectivity index (χ2n) is 3.40. The number of anilines is 1. The lowest BCUT2D eigenvalue weighted by Crippen LogP contribution is -2.21. The maximum Gasteiger partial charge on any atom is 0.148 e. The number of terminal acetylenes is 1. The van der Waals surface area contributed by atoms with E-state index in [9.17, 15) is 0 Å². The average molecular weight is 219 g/mol. The van der Waals surface area contributed by atoms with E-state index in [4.69, 9.17) is 15.9 Å². The number of benzene rings is 1. The predicted molar refractivity (Wildman–Crippen MR) is 65.9 cm³/mol. The Labute approximate surface area is 97.0 Å². The van der Waals surface area contributed by atoms with Crippen LogP contribution in [0.5, 0.6) is 5.75 Å². The third-order valence-corrected chi connectivity index (χ3v) is 2.23. The summed E-state index contributed by atoms with van der Waals surface area (Å²) in [4.78, 5) is 2.12. The molecule has 0 saturated heterocycles. The fraction of sp³-hybridized carbons (Fsp3) is 0.385. The lowest BCUT2D eigenvalue weighted by Gasteiger charge is -2.18. The van der Waals surface area contributed by atoms with Crippen LogP contribution in [0.15, 0.2) is 24.3 Å². The molecule has 0 saturated carbocycles. The van der Waals surface area contributed by atoms with Gasteiger partial charge in [0.1, 0.15) is 12.4 Å². The van der Waals surface area contributed by atoms with Crippen LogP contribution in [0.4, 0.5) is 5.69 Å². The number of nitrogens with zero attached hydrogens (tertiary/aromatic N) is 1. The molecule has 0 radical (unpaired) electrons. The van der Waals surface area contributed by atoms with Crippen LogP contribution in [-0.4, -0.2) is 33.9 Å². The van der Waals surface area contributed by atoms with Crippen LogP contribution in [0.25, 0.3) is 0 Å². The molecule has 86 valence electrons. The van der Waals surface area contributed by atoms with Gasteiger partial charge in [0, 0.05) is 26.4 Å². The lowest BCUT2D eigenvalue weighted by atomic mass is 10.3. The average Bonchev–Trinajstić information content (AvgIpc) is 2.34. The highest BCUT2D eigenvalue weighted by Gasteiger charge is 2.00. The van der Waals surface area contributed by atoms with Gasteiger partial charge in [0.2, 0.25) is 0 Å². The van der Waals surface area contributed by atoms with Gasteiger partial charge >= 0.3 is 0 Å². The van der Waals surface area contributed by atoms with Gasteiger partial charge in [-0.25, -0.2) is 0 Å². The molecule has 0 aliphatic heterocycles. The van der Waals surface area contributed by atoms with Crippen molar-refractivity contribution in [1.29, 1.82) is 0 Å². The number of likely N-dealkylation sites (N-methyl/N-ethyl adjacent to an activating group) is 1. The summed E-state index contributed by atoms with van der Waals surface area (Å²) in [5.74, 6) is 3.23. The lowest BCUT2D eigenvalue weighted by molar-refractivity contribution is 0.206. The zero-order chi connectivity index (χ0) is 11.8. The topological polar surface area (TPSA) is 21.7 Å². The first-order valence-corrected chi connectivity index (χ1v) is 5.14. The minimum atomic E-state index is 0.304. The summed E-state index contributed by atoms with van der Waals surface area (Å²) in [5.41, 5.74) is 1.13. The maximum atomic E-state index is 5.29. The largest absolute Gasteiger partial charge is 0.481 e.